The lowest BCUT2D eigenvalue weighted by molar-refractivity contribution is 0.0326. The number of benzene rings is 1. The highest BCUT2D eigenvalue weighted by Gasteiger charge is 2.20. The molecule has 21 heavy (non-hydrogen) atoms. The van der Waals surface area contributed by atoms with Gasteiger partial charge >= 0.3 is 0 Å². The Morgan fingerprint density at radius 3 is 2.81 bits per heavy atom. The molecule has 0 N–H and O–H groups in total. The van der Waals surface area contributed by atoms with Crippen LogP contribution < -0.4 is 0 Å². The van der Waals surface area contributed by atoms with Gasteiger partial charge in [0, 0.05) is 25.7 Å². The Kier molecular flexibility index (Phi) is 4.69. The zero-order valence-electron chi connectivity index (χ0n) is 12.1. The van der Waals surface area contributed by atoms with Crippen LogP contribution in [0.1, 0.15) is 18.8 Å². The van der Waals surface area contributed by atoms with E-state index in [4.69, 9.17) is 27.9 Å². The van der Waals surface area contributed by atoms with Crippen molar-refractivity contribution in [1.82, 2.24) is 14.5 Å². The molecule has 1 fully saturated rings. The monoisotopic (exact) mass is 327 g/mol. The molecular weight excluding hydrogens is 309 g/mol. The van der Waals surface area contributed by atoms with Gasteiger partial charge in [0.05, 0.1) is 35.1 Å². The molecule has 0 radical (unpaired) electrons. The molecule has 1 aliphatic heterocycles. The summed E-state index contributed by atoms with van der Waals surface area (Å²) in [4.78, 5) is 7.02. The second-order valence-corrected chi connectivity index (χ2v) is 6.08. The number of hydrogen-bond acceptors (Lipinski definition) is 3. The fourth-order valence-corrected chi connectivity index (χ4v) is 3.41. The van der Waals surface area contributed by atoms with Crippen LogP contribution in [0.3, 0.4) is 0 Å². The molecule has 0 saturated carbocycles. The Bertz CT molecular complexity index is 623. The van der Waals surface area contributed by atoms with Crippen LogP contribution in [0, 0.1) is 0 Å². The maximum Gasteiger partial charge on any atom is 0.125 e. The average molecular weight is 328 g/mol. The first-order valence-electron chi connectivity index (χ1n) is 7.22. The zero-order chi connectivity index (χ0) is 14.8. The van der Waals surface area contributed by atoms with E-state index in [-0.39, 0.29) is 6.04 Å². The molecule has 0 amide bonds. The van der Waals surface area contributed by atoms with Gasteiger partial charge in [-0.2, -0.15) is 0 Å². The SMILES string of the molecule is CC(CN1CCOCC1)n1c(CCl)nc2cccc(Cl)c21. The third kappa shape index (κ3) is 3.04. The maximum absolute atomic E-state index is 6.38. The number of ether oxygens (including phenoxy) is 1. The van der Waals surface area contributed by atoms with E-state index in [1.807, 2.05) is 18.2 Å². The molecular formula is C15H19Cl2N3O. The summed E-state index contributed by atoms with van der Waals surface area (Å²) in [7, 11) is 0. The van der Waals surface area contributed by atoms with Gasteiger partial charge in [0.15, 0.2) is 0 Å². The van der Waals surface area contributed by atoms with Crippen molar-refractivity contribution in [3.63, 3.8) is 0 Å². The molecule has 114 valence electrons. The number of aromatic nitrogens is 2. The standard InChI is InChI=1S/C15H19Cl2N3O/c1-11(10-19-5-7-21-8-6-19)20-14(9-16)18-13-4-2-3-12(17)15(13)20/h2-4,11H,5-10H2,1H3. The lowest BCUT2D eigenvalue weighted by Crippen LogP contribution is -2.39. The number of para-hydroxylation sites is 1. The largest absolute Gasteiger partial charge is 0.379 e. The van der Waals surface area contributed by atoms with E-state index in [0.29, 0.717) is 5.88 Å². The van der Waals surface area contributed by atoms with Gasteiger partial charge in [-0.3, -0.25) is 4.90 Å². The summed E-state index contributed by atoms with van der Waals surface area (Å²) in [6.45, 7) is 6.70. The number of nitrogens with zero attached hydrogens (tertiary/aromatic N) is 3. The van der Waals surface area contributed by atoms with E-state index < -0.39 is 0 Å². The van der Waals surface area contributed by atoms with Crippen LogP contribution >= 0.6 is 23.2 Å². The topological polar surface area (TPSA) is 30.3 Å². The summed E-state index contributed by atoms with van der Waals surface area (Å²) < 4.78 is 7.58. The number of alkyl halides is 1. The van der Waals surface area contributed by atoms with Crippen LogP contribution in [0.25, 0.3) is 11.0 Å². The summed E-state index contributed by atoms with van der Waals surface area (Å²) in [5.74, 6) is 1.26. The van der Waals surface area contributed by atoms with E-state index >= 15 is 0 Å². The molecule has 0 aliphatic carbocycles. The van der Waals surface area contributed by atoms with E-state index in [0.717, 1.165) is 54.7 Å². The van der Waals surface area contributed by atoms with Gasteiger partial charge in [-0.1, -0.05) is 17.7 Å². The third-order valence-corrected chi connectivity index (χ3v) is 4.46. The normalized spacial score (nSPS) is 18.2. The van der Waals surface area contributed by atoms with E-state index in [1.54, 1.807) is 0 Å². The summed E-state index contributed by atoms with van der Waals surface area (Å²) in [6, 6.07) is 6.07. The van der Waals surface area contributed by atoms with Crippen LogP contribution in [0.4, 0.5) is 0 Å². The van der Waals surface area contributed by atoms with E-state index in [1.165, 1.54) is 0 Å². The molecule has 1 aromatic heterocycles. The summed E-state index contributed by atoms with van der Waals surface area (Å²) in [5.41, 5.74) is 1.89. The van der Waals surface area contributed by atoms with Crippen molar-refractivity contribution < 1.29 is 4.74 Å². The fraction of sp³-hybridized carbons (Fsp3) is 0.533. The molecule has 2 heterocycles. The number of fused-ring (bicyclic) bond motifs is 1. The molecule has 3 rings (SSSR count). The van der Waals surface area contributed by atoms with Crippen molar-refractivity contribution in [1.29, 1.82) is 0 Å². The molecule has 0 bridgehead atoms. The van der Waals surface area contributed by atoms with Crippen molar-refractivity contribution in [3.8, 4) is 0 Å². The van der Waals surface area contributed by atoms with Crippen LogP contribution in [-0.4, -0.2) is 47.3 Å². The molecule has 1 aliphatic rings. The second-order valence-electron chi connectivity index (χ2n) is 5.40. The summed E-state index contributed by atoms with van der Waals surface area (Å²) in [5, 5.41) is 0.727. The van der Waals surface area contributed by atoms with Crippen molar-refractivity contribution in [2.75, 3.05) is 32.8 Å². The molecule has 6 heteroatoms. The smallest absolute Gasteiger partial charge is 0.125 e. The number of hydrogen-bond donors (Lipinski definition) is 0. The third-order valence-electron chi connectivity index (χ3n) is 3.92. The Labute approximate surface area is 134 Å². The molecule has 1 unspecified atom stereocenters. The highest BCUT2D eigenvalue weighted by molar-refractivity contribution is 6.35. The minimum atomic E-state index is 0.266. The van der Waals surface area contributed by atoms with Crippen molar-refractivity contribution in [3.05, 3.63) is 29.0 Å². The first-order valence-corrected chi connectivity index (χ1v) is 8.13. The van der Waals surface area contributed by atoms with Crippen molar-refractivity contribution >= 4 is 34.2 Å². The van der Waals surface area contributed by atoms with Gasteiger partial charge in [-0.15, -0.1) is 11.6 Å². The number of halogens is 2. The maximum atomic E-state index is 6.38. The van der Waals surface area contributed by atoms with Crippen LogP contribution in [0.5, 0.6) is 0 Å². The Balaban J connectivity index is 1.93. The van der Waals surface area contributed by atoms with Gasteiger partial charge in [-0.05, 0) is 19.1 Å². The summed E-state index contributed by atoms with van der Waals surface area (Å²) in [6.07, 6.45) is 0. The molecule has 4 nitrogen and oxygen atoms in total. The molecule has 2 aromatic rings. The molecule has 1 atom stereocenters. The average Bonchev–Trinajstić information content (AvgIpc) is 2.88. The highest BCUT2D eigenvalue weighted by Crippen LogP contribution is 2.28. The molecule has 1 saturated heterocycles. The second kappa shape index (κ2) is 6.53. The minimum Gasteiger partial charge on any atom is -0.379 e. The van der Waals surface area contributed by atoms with Gasteiger partial charge in [0.25, 0.3) is 0 Å². The Hall–Kier alpha value is -0.810. The Morgan fingerprint density at radius 1 is 1.33 bits per heavy atom. The van der Waals surface area contributed by atoms with Gasteiger partial charge < -0.3 is 9.30 Å². The summed E-state index contributed by atoms with van der Waals surface area (Å²) >= 11 is 12.5. The van der Waals surface area contributed by atoms with Gasteiger partial charge in [-0.25, -0.2) is 4.98 Å². The first kappa shape index (κ1) is 15.1. The van der Waals surface area contributed by atoms with Crippen LogP contribution in [0.2, 0.25) is 5.02 Å². The molecule has 1 aromatic carbocycles. The fourth-order valence-electron chi connectivity index (χ4n) is 2.96. The lowest BCUT2D eigenvalue weighted by atomic mass is 10.2. The zero-order valence-corrected chi connectivity index (χ0v) is 13.6. The predicted molar refractivity (Wildman–Crippen MR) is 86.3 cm³/mol. The number of morpholine rings is 1. The van der Waals surface area contributed by atoms with Crippen LogP contribution in [-0.2, 0) is 10.6 Å². The first-order chi connectivity index (χ1) is 10.2. The van der Waals surface area contributed by atoms with E-state index in [9.17, 15) is 0 Å². The quantitative estimate of drug-likeness (QED) is 0.807. The molecule has 0 spiro atoms. The van der Waals surface area contributed by atoms with Crippen molar-refractivity contribution in [2.45, 2.75) is 18.8 Å². The minimum absolute atomic E-state index is 0.266. The van der Waals surface area contributed by atoms with Crippen LogP contribution in [0.15, 0.2) is 18.2 Å². The Morgan fingerprint density at radius 2 is 2.10 bits per heavy atom. The van der Waals surface area contributed by atoms with Crippen molar-refractivity contribution in [2.24, 2.45) is 0 Å². The van der Waals surface area contributed by atoms with E-state index in [2.05, 4.69) is 21.4 Å². The highest BCUT2D eigenvalue weighted by atomic mass is 35.5. The van der Waals surface area contributed by atoms with Gasteiger partial charge in [0.2, 0.25) is 0 Å². The predicted octanol–water partition coefficient (Wildman–Crippen LogP) is 3.32. The lowest BCUT2D eigenvalue weighted by Gasteiger charge is -2.30. The number of imidazole rings is 1. The van der Waals surface area contributed by atoms with Gasteiger partial charge in [0.1, 0.15) is 5.82 Å². The number of rotatable bonds is 4.